The summed E-state index contributed by atoms with van der Waals surface area (Å²) in [6.45, 7) is 5.52. The lowest BCUT2D eigenvalue weighted by Gasteiger charge is -2.14. The summed E-state index contributed by atoms with van der Waals surface area (Å²) >= 11 is 0. The number of esters is 1. The van der Waals surface area contributed by atoms with E-state index in [1.165, 1.54) is 12.1 Å². The first-order chi connectivity index (χ1) is 16.6. The zero-order valence-corrected chi connectivity index (χ0v) is 19.5. The summed E-state index contributed by atoms with van der Waals surface area (Å²) in [5, 5.41) is 2.82. The second-order valence-corrected chi connectivity index (χ2v) is 7.74. The highest BCUT2D eigenvalue weighted by Gasteiger charge is 2.30. The molecule has 184 valence electrons. The van der Waals surface area contributed by atoms with Crippen molar-refractivity contribution in [3.8, 4) is 17.0 Å². The average Bonchev–Trinajstić information content (AvgIpc) is 2.83. The number of pyridine rings is 1. The number of alkyl halides is 3. The van der Waals surface area contributed by atoms with Gasteiger partial charge in [0, 0.05) is 12.1 Å². The molecule has 2 aromatic carbocycles. The van der Waals surface area contributed by atoms with Crippen molar-refractivity contribution in [2.75, 3.05) is 6.61 Å². The van der Waals surface area contributed by atoms with Gasteiger partial charge in [-0.2, -0.15) is 13.2 Å². The molecule has 9 heteroatoms. The highest BCUT2D eigenvalue weighted by Crippen LogP contribution is 2.30. The Bertz CT molecular complexity index is 1180. The minimum atomic E-state index is -4.40. The first-order valence-electron chi connectivity index (χ1n) is 10.9. The van der Waals surface area contributed by atoms with Crippen molar-refractivity contribution in [3.63, 3.8) is 0 Å². The maximum atomic E-state index is 12.8. The summed E-state index contributed by atoms with van der Waals surface area (Å²) in [5.41, 5.74) is 1.90. The van der Waals surface area contributed by atoms with Gasteiger partial charge >= 0.3 is 12.1 Å². The summed E-state index contributed by atoms with van der Waals surface area (Å²) in [6.07, 6.45) is -5.14. The van der Waals surface area contributed by atoms with Crippen LogP contribution in [0.1, 0.15) is 41.0 Å². The van der Waals surface area contributed by atoms with Crippen LogP contribution in [0.2, 0.25) is 0 Å². The lowest BCUT2D eigenvalue weighted by molar-refractivity contribution is -0.150. The number of nitrogens with one attached hydrogen (secondary N) is 1. The fourth-order valence-electron chi connectivity index (χ4n) is 3.27. The van der Waals surface area contributed by atoms with Gasteiger partial charge in [-0.25, -0.2) is 4.79 Å². The van der Waals surface area contributed by atoms with Crippen LogP contribution in [0.4, 0.5) is 13.2 Å². The first kappa shape index (κ1) is 25.7. The Morgan fingerprint density at radius 2 is 1.66 bits per heavy atom. The molecule has 0 aliphatic rings. The number of carbonyl (C=O) groups is 2. The minimum absolute atomic E-state index is 0.257. The van der Waals surface area contributed by atoms with Crippen molar-refractivity contribution in [3.05, 3.63) is 83.0 Å². The third-order valence-corrected chi connectivity index (χ3v) is 5.15. The number of benzene rings is 2. The number of carbonyl (C=O) groups excluding carboxylic acids is 2. The summed E-state index contributed by atoms with van der Waals surface area (Å²) in [6, 6.07) is 14.8. The number of aryl methyl sites for hydroxylation is 1. The fourth-order valence-corrected chi connectivity index (χ4v) is 3.27. The van der Waals surface area contributed by atoms with Crippen molar-refractivity contribution in [1.82, 2.24) is 10.3 Å². The number of halogens is 3. The maximum Gasteiger partial charge on any atom is 0.416 e. The van der Waals surface area contributed by atoms with Gasteiger partial charge in [-0.05, 0) is 62.7 Å². The molecule has 35 heavy (non-hydrogen) atoms. The van der Waals surface area contributed by atoms with Crippen molar-refractivity contribution in [2.24, 2.45) is 0 Å². The van der Waals surface area contributed by atoms with Gasteiger partial charge in [0.05, 0.1) is 29.1 Å². The first-order valence-corrected chi connectivity index (χ1v) is 10.9. The number of rotatable bonds is 8. The number of ether oxygens (including phenoxy) is 2. The lowest BCUT2D eigenvalue weighted by atomic mass is 10.1. The molecule has 0 spiro atoms. The molecule has 0 aliphatic carbocycles. The Kier molecular flexibility index (Phi) is 8.11. The van der Waals surface area contributed by atoms with Crippen molar-refractivity contribution in [2.45, 2.75) is 39.6 Å². The molecule has 6 nitrogen and oxygen atoms in total. The zero-order chi connectivity index (χ0) is 25.6. The predicted molar refractivity (Wildman–Crippen MR) is 124 cm³/mol. The van der Waals surface area contributed by atoms with Crippen LogP contribution in [0.5, 0.6) is 5.75 Å². The van der Waals surface area contributed by atoms with Crippen LogP contribution in [-0.2, 0) is 22.3 Å². The highest BCUT2D eigenvalue weighted by molar-refractivity contribution is 5.95. The Hall–Kier alpha value is -3.88. The lowest BCUT2D eigenvalue weighted by Crippen LogP contribution is -2.26. The van der Waals surface area contributed by atoms with Gasteiger partial charge in [0.1, 0.15) is 5.75 Å². The van der Waals surface area contributed by atoms with Gasteiger partial charge in [-0.15, -0.1) is 0 Å². The molecule has 0 saturated carbocycles. The summed E-state index contributed by atoms with van der Waals surface area (Å²) in [4.78, 5) is 28.7. The Labute approximate surface area is 201 Å². The smallest absolute Gasteiger partial charge is 0.416 e. The molecule has 1 heterocycles. The number of aromatic nitrogens is 1. The summed E-state index contributed by atoms with van der Waals surface area (Å²) < 4.78 is 48.7. The van der Waals surface area contributed by atoms with E-state index in [9.17, 15) is 22.8 Å². The quantitative estimate of drug-likeness (QED) is 0.435. The molecule has 0 radical (unpaired) electrons. The molecule has 0 bridgehead atoms. The normalized spacial score (nSPS) is 12.1. The van der Waals surface area contributed by atoms with E-state index in [-0.39, 0.29) is 19.1 Å². The molecule has 1 aromatic heterocycles. The van der Waals surface area contributed by atoms with Crippen molar-refractivity contribution >= 4 is 11.9 Å². The molecule has 0 saturated heterocycles. The Balaban J connectivity index is 1.60. The zero-order valence-electron chi connectivity index (χ0n) is 19.5. The van der Waals surface area contributed by atoms with Gasteiger partial charge in [-0.3, -0.25) is 9.78 Å². The van der Waals surface area contributed by atoms with Gasteiger partial charge in [0.2, 0.25) is 0 Å². The molecule has 3 aromatic rings. The van der Waals surface area contributed by atoms with E-state index in [4.69, 9.17) is 9.47 Å². The molecule has 0 aliphatic heterocycles. The monoisotopic (exact) mass is 486 g/mol. The number of hydrogen-bond acceptors (Lipinski definition) is 5. The topological polar surface area (TPSA) is 77.5 Å². The molecular weight excluding hydrogens is 461 g/mol. The molecule has 0 fully saturated rings. The number of nitrogens with zero attached hydrogens (tertiary/aromatic N) is 1. The molecule has 1 unspecified atom stereocenters. The highest BCUT2D eigenvalue weighted by atomic mass is 19.4. The SMILES string of the molecule is CCOC(=O)C(C)Oc1ccc(CNC(=O)c2ccc(-c3ccc(C(F)(F)F)cc3)nc2C)cc1. The average molecular weight is 486 g/mol. The van der Waals surface area contributed by atoms with Crippen molar-refractivity contribution < 1.29 is 32.2 Å². The van der Waals surface area contributed by atoms with E-state index in [2.05, 4.69) is 10.3 Å². The minimum Gasteiger partial charge on any atom is -0.479 e. The van der Waals surface area contributed by atoms with E-state index < -0.39 is 23.8 Å². The van der Waals surface area contributed by atoms with Crippen LogP contribution in [0.15, 0.2) is 60.7 Å². The molecule has 1 N–H and O–H groups in total. The maximum absolute atomic E-state index is 12.8. The Morgan fingerprint density at radius 1 is 1.00 bits per heavy atom. The Morgan fingerprint density at radius 3 is 2.23 bits per heavy atom. The summed E-state index contributed by atoms with van der Waals surface area (Å²) in [5.74, 6) is -0.276. The van der Waals surface area contributed by atoms with Crippen LogP contribution in [0, 0.1) is 6.92 Å². The van der Waals surface area contributed by atoms with Gasteiger partial charge < -0.3 is 14.8 Å². The molecule has 1 amide bonds. The second-order valence-electron chi connectivity index (χ2n) is 7.74. The van der Waals surface area contributed by atoms with Gasteiger partial charge in [0.25, 0.3) is 5.91 Å². The van der Waals surface area contributed by atoms with Crippen LogP contribution in [0.25, 0.3) is 11.3 Å². The van der Waals surface area contributed by atoms with E-state index in [0.29, 0.717) is 28.3 Å². The molecular formula is C26H25F3N2O4. The van der Waals surface area contributed by atoms with Crippen LogP contribution < -0.4 is 10.1 Å². The van der Waals surface area contributed by atoms with E-state index >= 15 is 0 Å². The van der Waals surface area contributed by atoms with Crippen LogP contribution in [-0.4, -0.2) is 29.6 Å². The molecule has 1 atom stereocenters. The largest absolute Gasteiger partial charge is 0.479 e. The number of hydrogen-bond donors (Lipinski definition) is 1. The second kappa shape index (κ2) is 11.0. The van der Waals surface area contributed by atoms with E-state index in [1.54, 1.807) is 57.2 Å². The van der Waals surface area contributed by atoms with Gasteiger partial charge in [-0.1, -0.05) is 24.3 Å². The van der Waals surface area contributed by atoms with Crippen molar-refractivity contribution in [1.29, 1.82) is 0 Å². The summed E-state index contributed by atoms with van der Waals surface area (Å²) in [7, 11) is 0. The van der Waals surface area contributed by atoms with Crippen LogP contribution >= 0.6 is 0 Å². The van der Waals surface area contributed by atoms with Crippen LogP contribution in [0.3, 0.4) is 0 Å². The third-order valence-electron chi connectivity index (χ3n) is 5.15. The third kappa shape index (κ3) is 6.81. The number of amides is 1. The van der Waals surface area contributed by atoms with Gasteiger partial charge in [0.15, 0.2) is 6.10 Å². The molecule has 3 rings (SSSR count). The standard InChI is InChI=1S/C26H25F3N2O4/c1-4-34-25(33)17(3)35-21-11-5-18(6-12-21)15-30-24(32)22-13-14-23(31-16(22)2)19-7-9-20(10-8-19)26(27,28)29/h5-14,17H,4,15H2,1-3H3,(H,30,32). The van der Waals surface area contributed by atoms with E-state index in [0.717, 1.165) is 17.7 Å². The fraction of sp³-hybridized carbons (Fsp3) is 0.269. The van der Waals surface area contributed by atoms with E-state index in [1.807, 2.05) is 0 Å². The predicted octanol–water partition coefficient (Wildman–Crippen LogP) is 5.34.